The van der Waals surface area contributed by atoms with Gasteiger partial charge in [0.05, 0.1) is 5.56 Å². The average molecular weight is 202 g/mol. The Bertz CT molecular complexity index is 360. The second kappa shape index (κ2) is 5.21. The third-order valence-electron chi connectivity index (χ3n) is 2.01. The van der Waals surface area contributed by atoms with Gasteiger partial charge in [0, 0.05) is 5.92 Å². The van der Waals surface area contributed by atoms with Gasteiger partial charge in [0.2, 0.25) is 0 Å². The van der Waals surface area contributed by atoms with Crippen LogP contribution in [0.25, 0.3) is 0 Å². The van der Waals surface area contributed by atoms with Crippen LogP contribution in [0, 0.1) is 18.3 Å². The number of hydrogen-bond acceptors (Lipinski definition) is 2. The summed E-state index contributed by atoms with van der Waals surface area (Å²) in [5, 5.41) is 0. The zero-order valence-electron chi connectivity index (χ0n) is 8.94. The summed E-state index contributed by atoms with van der Waals surface area (Å²) in [5.74, 6) is 2.22. The molecule has 2 nitrogen and oxygen atoms in total. The first-order valence-electron chi connectivity index (χ1n) is 4.87. The van der Waals surface area contributed by atoms with E-state index < -0.39 is 6.10 Å². The lowest BCUT2D eigenvalue weighted by molar-refractivity contribution is 0.0330. The summed E-state index contributed by atoms with van der Waals surface area (Å²) in [7, 11) is 0. The molecule has 0 aliphatic rings. The Balaban J connectivity index is 2.68. The van der Waals surface area contributed by atoms with Crippen molar-refractivity contribution in [1.29, 1.82) is 0 Å². The van der Waals surface area contributed by atoms with Crippen LogP contribution in [0.4, 0.5) is 0 Å². The van der Waals surface area contributed by atoms with Crippen LogP contribution in [0.2, 0.25) is 0 Å². The Hall–Kier alpha value is -1.75. The summed E-state index contributed by atoms with van der Waals surface area (Å²) in [4.78, 5) is 11.6. The van der Waals surface area contributed by atoms with Crippen LogP contribution < -0.4 is 0 Å². The van der Waals surface area contributed by atoms with Gasteiger partial charge in [-0.05, 0) is 12.1 Å². The third-order valence-corrected chi connectivity index (χ3v) is 2.01. The van der Waals surface area contributed by atoms with Crippen molar-refractivity contribution in [2.24, 2.45) is 5.92 Å². The van der Waals surface area contributed by atoms with Gasteiger partial charge in [0.15, 0.2) is 6.10 Å². The van der Waals surface area contributed by atoms with Crippen molar-refractivity contribution in [3.05, 3.63) is 35.9 Å². The van der Waals surface area contributed by atoms with E-state index in [0.29, 0.717) is 5.56 Å². The fraction of sp³-hybridized carbons (Fsp3) is 0.308. The highest BCUT2D eigenvalue weighted by atomic mass is 16.5. The minimum absolute atomic E-state index is 0.127. The van der Waals surface area contributed by atoms with E-state index in [0.717, 1.165) is 0 Å². The van der Waals surface area contributed by atoms with Crippen molar-refractivity contribution in [3.63, 3.8) is 0 Å². The van der Waals surface area contributed by atoms with Gasteiger partial charge in [-0.3, -0.25) is 0 Å². The number of ether oxygens (including phenoxy) is 1. The first-order valence-corrected chi connectivity index (χ1v) is 4.87. The molecule has 0 aromatic heterocycles. The lowest BCUT2D eigenvalue weighted by Gasteiger charge is -2.15. The molecule has 0 amide bonds. The minimum atomic E-state index is -0.460. The number of carbonyl (C=O) groups excluding carboxylic acids is 1. The van der Waals surface area contributed by atoms with E-state index in [1.807, 2.05) is 19.9 Å². The molecule has 1 aromatic rings. The van der Waals surface area contributed by atoms with Crippen LogP contribution in [-0.4, -0.2) is 12.1 Å². The quantitative estimate of drug-likeness (QED) is 0.556. The summed E-state index contributed by atoms with van der Waals surface area (Å²) < 4.78 is 5.17. The highest BCUT2D eigenvalue weighted by Gasteiger charge is 2.16. The van der Waals surface area contributed by atoms with Crippen LogP contribution in [0.1, 0.15) is 24.2 Å². The van der Waals surface area contributed by atoms with Gasteiger partial charge >= 0.3 is 5.97 Å². The Morgan fingerprint density at radius 1 is 1.33 bits per heavy atom. The number of terminal acetylenes is 1. The molecule has 0 saturated heterocycles. The maximum absolute atomic E-state index is 11.6. The van der Waals surface area contributed by atoms with Crippen LogP contribution in [0.3, 0.4) is 0 Å². The van der Waals surface area contributed by atoms with Crippen molar-refractivity contribution in [2.75, 3.05) is 0 Å². The van der Waals surface area contributed by atoms with Crippen molar-refractivity contribution in [3.8, 4) is 12.3 Å². The molecule has 15 heavy (non-hydrogen) atoms. The highest BCUT2D eigenvalue weighted by molar-refractivity contribution is 5.89. The molecule has 1 atom stereocenters. The molecule has 2 heteroatoms. The molecule has 0 spiro atoms. The van der Waals surface area contributed by atoms with Crippen LogP contribution in [-0.2, 0) is 4.74 Å². The van der Waals surface area contributed by atoms with Gasteiger partial charge in [-0.15, -0.1) is 6.42 Å². The summed E-state index contributed by atoms with van der Waals surface area (Å²) in [6.07, 6.45) is 4.81. The zero-order chi connectivity index (χ0) is 11.3. The summed E-state index contributed by atoms with van der Waals surface area (Å²) >= 11 is 0. The predicted molar refractivity (Wildman–Crippen MR) is 59.3 cm³/mol. The molecule has 0 N–H and O–H groups in total. The summed E-state index contributed by atoms with van der Waals surface area (Å²) in [6, 6.07) is 8.83. The SMILES string of the molecule is C#C[C@H](OC(=O)c1ccccc1)C(C)C. The third kappa shape index (κ3) is 3.14. The predicted octanol–water partition coefficient (Wildman–Crippen LogP) is 2.50. The maximum atomic E-state index is 11.6. The molecule has 0 fully saturated rings. The molecule has 1 aromatic carbocycles. The van der Waals surface area contributed by atoms with E-state index in [9.17, 15) is 4.79 Å². The minimum Gasteiger partial charge on any atom is -0.445 e. The number of carbonyl (C=O) groups is 1. The van der Waals surface area contributed by atoms with E-state index >= 15 is 0 Å². The van der Waals surface area contributed by atoms with Crippen LogP contribution in [0.15, 0.2) is 30.3 Å². The standard InChI is InChI=1S/C13H14O2/c1-4-12(10(2)3)15-13(14)11-8-6-5-7-9-11/h1,5-10,12H,2-3H3/t12-/m0/s1. The molecule has 0 heterocycles. The average Bonchev–Trinajstić information content (AvgIpc) is 2.26. The second-order valence-corrected chi connectivity index (χ2v) is 3.60. The molecule has 0 unspecified atom stereocenters. The van der Waals surface area contributed by atoms with E-state index in [1.165, 1.54) is 0 Å². The van der Waals surface area contributed by atoms with Gasteiger partial charge in [-0.25, -0.2) is 4.79 Å². The van der Waals surface area contributed by atoms with Crippen molar-refractivity contribution >= 4 is 5.97 Å². The largest absolute Gasteiger partial charge is 0.445 e. The zero-order valence-corrected chi connectivity index (χ0v) is 8.94. The first kappa shape index (κ1) is 11.3. The highest BCUT2D eigenvalue weighted by Crippen LogP contribution is 2.09. The van der Waals surface area contributed by atoms with Gasteiger partial charge in [-0.2, -0.15) is 0 Å². The molecule has 1 rings (SSSR count). The van der Waals surface area contributed by atoms with Crippen LogP contribution >= 0.6 is 0 Å². The van der Waals surface area contributed by atoms with E-state index in [2.05, 4.69) is 5.92 Å². The van der Waals surface area contributed by atoms with E-state index in [4.69, 9.17) is 11.2 Å². The Morgan fingerprint density at radius 3 is 2.40 bits per heavy atom. The molecule has 0 radical (unpaired) electrons. The molecular weight excluding hydrogens is 188 g/mol. The van der Waals surface area contributed by atoms with E-state index in [-0.39, 0.29) is 11.9 Å². The molecule has 0 aliphatic heterocycles. The molecular formula is C13H14O2. The second-order valence-electron chi connectivity index (χ2n) is 3.60. The Labute approximate surface area is 90.3 Å². The molecule has 0 bridgehead atoms. The number of esters is 1. The smallest absolute Gasteiger partial charge is 0.339 e. The Morgan fingerprint density at radius 2 is 1.93 bits per heavy atom. The topological polar surface area (TPSA) is 26.3 Å². The van der Waals surface area contributed by atoms with Gasteiger partial charge in [-0.1, -0.05) is 38.0 Å². The van der Waals surface area contributed by atoms with Crippen LogP contribution in [0.5, 0.6) is 0 Å². The maximum Gasteiger partial charge on any atom is 0.339 e. The number of rotatable bonds is 3. The number of hydrogen-bond donors (Lipinski definition) is 0. The van der Waals surface area contributed by atoms with Crippen molar-refractivity contribution < 1.29 is 9.53 Å². The molecule has 0 aliphatic carbocycles. The normalized spacial score (nSPS) is 11.9. The monoisotopic (exact) mass is 202 g/mol. The van der Waals surface area contributed by atoms with Gasteiger partial charge < -0.3 is 4.74 Å². The fourth-order valence-electron chi connectivity index (χ4n) is 1.12. The molecule has 78 valence electrons. The number of benzene rings is 1. The lowest BCUT2D eigenvalue weighted by Crippen LogP contribution is -2.21. The molecule has 0 saturated carbocycles. The lowest BCUT2D eigenvalue weighted by atomic mass is 10.1. The van der Waals surface area contributed by atoms with Crippen molar-refractivity contribution in [2.45, 2.75) is 20.0 Å². The Kier molecular flexibility index (Phi) is 3.93. The van der Waals surface area contributed by atoms with Gasteiger partial charge in [0.1, 0.15) is 0 Å². The van der Waals surface area contributed by atoms with Crippen molar-refractivity contribution in [1.82, 2.24) is 0 Å². The first-order chi connectivity index (χ1) is 7.15. The summed E-state index contributed by atoms with van der Waals surface area (Å²) in [6.45, 7) is 3.84. The summed E-state index contributed by atoms with van der Waals surface area (Å²) in [5.41, 5.74) is 0.526. The fourth-order valence-corrected chi connectivity index (χ4v) is 1.12. The van der Waals surface area contributed by atoms with Gasteiger partial charge in [0.25, 0.3) is 0 Å². The van der Waals surface area contributed by atoms with E-state index in [1.54, 1.807) is 24.3 Å².